The summed E-state index contributed by atoms with van der Waals surface area (Å²) >= 11 is 4.73. The minimum atomic E-state index is -1.43. The third-order valence-electron chi connectivity index (χ3n) is 3.72. The molecule has 1 heterocycles. The van der Waals surface area contributed by atoms with Crippen LogP contribution in [0.3, 0.4) is 0 Å². The monoisotopic (exact) mass is 381 g/mol. The zero-order valence-corrected chi connectivity index (χ0v) is 14.7. The second-order valence-electron chi connectivity index (χ2n) is 5.61. The number of carbonyl (C=O) groups excluding carboxylic acids is 3. The summed E-state index contributed by atoms with van der Waals surface area (Å²) < 4.78 is 5.57. The molecule has 0 atom stereocenters. The molecule has 1 fully saturated rings. The summed E-state index contributed by atoms with van der Waals surface area (Å²) in [5.41, 5.74) is 0.826. The molecule has 1 saturated heterocycles. The Hall–Kier alpha value is -3.52. The van der Waals surface area contributed by atoms with Gasteiger partial charge in [-0.2, -0.15) is 0 Å². The summed E-state index contributed by atoms with van der Waals surface area (Å²) in [6.45, 7) is 0.184. The predicted octanol–water partition coefficient (Wildman–Crippen LogP) is 0.543. The van der Waals surface area contributed by atoms with Crippen molar-refractivity contribution >= 4 is 41.2 Å². The highest BCUT2D eigenvalue weighted by Crippen LogP contribution is 2.23. The van der Waals surface area contributed by atoms with Crippen molar-refractivity contribution in [1.29, 1.82) is 0 Å². The quantitative estimate of drug-likeness (QED) is 0.445. The van der Waals surface area contributed by atoms with E-state index in [2.05, 4.69) is 10.6 Å². The maximum atomic E-state index is 11.9. The Balaban J connectivity index is 1.86. The second kappa shape index (κ2) is 7.79. The number of amides is 2. The molecule has 0 radical (unpaired) electrons. The smallest absolute Gasteiger partial charge is 0.263 e. The van der Waals surface area contributed by atoms with Crippen LogP contribution in [0.4, 0.5) is 0 Å². The minimum Gasteiger partial charge on any atom is -0.545 e. The number of thiocarbonyl (C=S) groups is 1. The van der Waals surface area contributed by atoms with E-state index in [4.69, 9.17) is 17.0 Å². The van der Waals surface area contributed by atoms with Crippen LogP contribution in [-0.4, -0.2) is 22.9 Å². The summed E-state index contributed by atoms with van der Waals surface area (Å²) in [6.07, 6.45) is 1.26. The Morgan fingerprint density at radius 3 is 2.37 bits per heavy atom. The molecule has 0 unspecified atom stereocenters. The first-order valence-corrected chi connectivity index (χ1v) is 8.25. The number of carboxylic acids is 1. The number of rotatable bonds is 5. The number of hydrogen-bond donors (Lipinski definition) is 2. The SMILES string of the molecule is O=C1NC(=S)NC(=O)C1=Cc1ccc(OCc2ccccc2)c(C(=O)[O-])c1. The van der Waals surface area contributed by atoms with E-state index in [9.17, 15) is 19.5 Å². The van der Waals surface area contributed by atoms with Gasteiger partial charge >= 0.3 is 0 Å². The third kappa shape index (κ3) is 4.36. The maximum absolute atomic E-state index is 11.9. The van der Waals surface area contributed by atoms with E-state index >= 15 is 0 Å². The zero-order chi connectivity index (χ0) is 19.4. The van der Waals surface area contributed by atoms with Crippen LogP contribution in [0.5, 0.6) is 5.75 Å². The first-order chi connectivity index (χ1) is 12.9. The zero-order valence-electron chi connectivity index (χ0n) is 13.9. The molecular formula is C19H13N2O5S-. The Labute approximate surface area is 159 Å². The lowest BCUT2D eigenvalue weighted by molar-refractivity contribution is -0.255. The molecule has 0 aromatic heterocycles. The van der Waals surface area contributed by atoms with Crippen LogP contribution in [0.25, 0.3) is 6.08 Å². The van der Waals surface area contributed by atoms with Gasteiger partial charge in [-0.3, -0.25) is 20.2 Å². The average Bonchev–Trinajstić information content (AvgIpc) is 2.64. The van der Waals surface area contributed by atoms with Crippen LogP contribution >= 0.6 is 12.2 Å². The van der Waals surface area contributed by atoms with E-state index in [1.165, 1.54) is 24.3 Å². The van der Waals surface area contributed by atoms with Crippen LogP contribution < -0.4 is 20.5 Å². The molecule has 2 aromatic carbocycles. The lowest BCUT2D eigenvalue weighted by atomic mass is 10.0. The van der Waals surface area contributed by atoms with E-state index < -0.39 is 17.8 Å². The van der Waals surface area contributed by atoms with Gasteiger partial charge in [0.1, 0.15) is 17.9 Å². The molecule has 0 saturated carbocycles. The van der Waals surface area contributed by atoms with Gasteiger partial charge < -0.3 is 14.6 Å². The van der Waals surface area contributed by atoms with Crippen molar-refractivity contribution in [1.82, 2.24) is 10.6 Å². The van der Waals surface area contributed by atoms with E-state index in [1.807, 2.05) is 30.3 Å². The van der Waals surface area contributed by atoms with Crippen LogP contribution in [-0.2, 0) is 16.2 Å². The molecule has 7 nitrogen and oxygen atoms in total. The number of aromatic carboxylic acids is 1. The molecule has 3 rings (SSSR count). The first kappa shape index (κ1) is 18.3. The lowest BCUT2D eigenvalue weighted by Gasteiger charge is -2.17. The molecule has 2 N–H and O–H groups in total. The van der Waals surface area contributed by atoms with E-state index in [0.29, 0.717) is 5.56 Å². The third-order valence-corrected chi connectivity index (χ3v) is 3.92. The van der Waals surface area contributed by atoms with E-state index in [0.717, 1.165) is 5.56 Å². The van der Waals surface area contributed by atoms with Crippen molar-refractivity contribution in [2.75, 3.05) is 0 Å². The maximum Gasteiger partial charge on any atom is 0.263 e. The van der Waals surface area contributed by atoms with Crippen molar-refractivity contribution in [3.05, 3.63) is 70.8 Å². The van der Waals surface area contributed by atoms with Gasteiger partial charge in [-0.15, -0.1) is 0 Å². The molecule has 8 heteroatoms. The summed E-state index contributed by atoms with van der Waals surface area (Å²) in [5.74, 6) is -2.64. The molecule has 2 amide bonds. The van der Waals surface area contributed by atoms with Crippen molar-refractivity contribution in [2.24, 2.45) is 0 Å². The van der Waals surface area contributed by atoms with E-state index in [1.54, 1.807) is 0 Å². The molecule has 136 valence electrons. The Morgan fingerprint density at radius 2 is 1.74 bits per heavy atom. The van der Waals surface area contributed by atoms with Crippen molar-refractivity contribution in [3.63, 3.8) is 0 Å². The predicted molar refractivity (Wildman–Crippen MR) is 98.4 cm³/mol. The highest BCUT2D eigenvalue weighted by Gasteiger charge is 2.25. The minimum absolute atomic E-state index is 0.0813. The van der Waals surface area contributed by atoms with Gasteiger partial charge in [0.05, 0.1) is 5.97 Å². The Morgan fingerprint density at radius 1 is 1.07 bits per heavy atom. The molecule has 1 aliphatic heterocycles. The number of carboxylic acid groups (broad SMARTS) is 1. The number of ether oxygens (including phenoxy) is 1. The average molecular weight is 381 g/mol. The molecule has 1 aliphatic rings. The molecule has 0 spiro atoms. The fourth-order valence-electron chi connectivity index (χ4n) is 2.43. The number of benzene rings is 2. The largest absolute Gasteiger partial charge is 0.545 e. The van der Waals surface area contributed by atoms with Gasteiger partial charge in [0.2, 0.25) is 0 Å². The molecular weight excluding hydrogens is 368 g/mol. The fourth-order valence-corrected chi connectivity index (χ4v) is 2.62. The summed E-state index contributed by atoms with van der Waals surface area (Å²) in [4.78, 5) is 35.2. The molecule has 27 heavy (non-hydrogen) atoms. The summed E-state index contributed by atoms with van der Waals surface area (Å²) in [7, 11) is 0. The Bertz CT molecular complexity index is 947. The Kier molecular flexibility index (Phi) is 5.28. The topological polar surface area (TPSA) is 108 Å². The van der Waals surface area contributed by atoms with Crippen molar-refractivity contribution in [3.8, 4) is 5.75 Å². The summed E-state index contributed by atoms with van der Waals surface area (Å²) in [5, 5.41) is 16.0. The van der Waals surface area contributed by atoms with E-state index in [-0.39, 0.29) is 28.6 Å². The van der Waals surface area contributed by atoms with Crippen molar-refractivity contribution in [2.45, 2.75) is 6.61 Å². The number of carbonyl (C=O) groups is 3. The standard InChI is InChI=1S/C19H14N2O5S/c22-16-14(17(23)21-19(27)20-16)9-12-6-7-15(13(8-12)18(24)25)26-10-11-4-2-1-3-5-11/h1-9H,10H2,(H,24,25)(H2,20,21,22,23,27)/p-1. The van der Waals surface area contributed by atoms with Gasteiger partial charge in [-0.25, -0.2) is 0 Å². The second-order valence-corrected chi connectivity index (χ2v) is 6.02. The first-order valence-electron chi connectivity index (χ1n) is 7.84. The summed E-state index contributed by atoms with van der Waals surface area (Å²) in [6, 6.07) is 13.5. The molecule has 0 aliphatic carbocycles. The van der Waals surface area contributed by atoms with Gasteiger partial charge in [-0.1, -0.05) is 36.4 Å². The normalized spacial score (nSPS) is 13.6. The molecule has 0 bridgehead atoms. The van der Waals surface area contributed by atoms with Crippen LogP contribution in [0, 0.1) is 0 Å². The lowest BCUT2D eigenvalue weighted by Crippen LogP contribution is -2.51. The van der Waals surface area contributed by atoms with Gasteiger partial charge in [-0.05, 0) is 41.6 Å². The van der Waals surface area contributed by atoms with Gasteiger partial charge in [0.15, 0.2) is 5.11 Å². The highest BCUT2D eigenvalue weighted by atomic mass is 32.1. The van der Waals surface area contributed by atoms with Crippen LogP contribution in [0.2, 0.25) is 0 Å². The van der Waals surface area contributed by atoms with Crippen LogP contribution in [0.1, 0.15) is 21.5 Å². The van der Waals surface area contributed by atoms with Gasteiger partial charge in [0.25, 0.3) is 11.8 Å². The fraction of sp³-hybridized carbons (Fsp3) is 0.0526. The number of hydrogen-bond acceptors (Lipinski definition) is 6. The van der Waals surface area contributed by atoms with Crippen LogP contribution in [0.15, 0.2) is 54.1 Å². The number of nitrogens with one attached hydrogen (secondary N) is 2. The molecule has 2 aromatic rings. The van der Waals surface area contributed by atoms with Crippen molar-refractivity contribution < 1.29 is 24.2 Å². The highest BCUT2D eigenvalue weighted by molar-refractivity contribution is 7.80. The van der Waals surface area contributed by atoms with Gasteiger partial charge in [0, 0.05) is 5.56 Å².